The first-order valence-electron chi connectivity index (χ1n) is 10.1. The van der Waals surface area contributed by atoms with E-state index in [1.54, 1.807) is 36.4 Å². The van der Waals surface area contributed by atoms with Crippen LogP contribution in [0.4, 0.5) is 13.2 Å². The van der Waals surface area contributed by atoms with E-state index in [0.29, 0.717) is 21.7 Å². The third-order valence-electron chi connectivity index (χ3n) is 5.00. The van der Waals surface area contributed by atoms with Gasteiger partial charge < -0.3 is 4.52 Å². The molecule has 5 rings (SSSR count). The molecule has 0 aliphatic rings. The molecule has 0 bridgehead atoms. The van der Waals surface area contributed by atoms with E-state index in [0.717, 1.165) is 12.1 Å². The molecule has 2 heterocycles. The van der Waals surface area contributed by atoms with Crippen molar-refractivity contribution >= 4 is 22.7 Å². The molecule has 2 aromatic heterocycles. The van der Waals surface area contributed by atoms with E-state index in [4.69, 9.17) is 4.52 Å². The quantitative estimate of drug-likeness (QED) is 0.236. The highest BCUT2D eigenvalue weighted by Gasteiger charge is 2.30. The van der Waals surface area contributed by atoms with E-state index in [2.05, 4.69) is 15.1 Å². The summed E-state index contributed by atoms with van der Waals surface area (Å²) in [4.78, 5) is 22.1. The second-order valence-corrected chi connectivity index (χ2v) is 8.21. The van der Waals surface area contributed by atoms with Crippen LogP contribution in [0.1, 0.15) is 11.5 Å². The van der Waals surface area contributed by atoms with Crippen LogP contribution in [0.5, 0.6) is 0 Å². The lowest BCUT2D eigenvalue weighted by atomic mass is 10.1. The number of hydrogen-bond acceptors (Lipinski definition) is 6. The van der Waals surface area contributed by atoms with Gasteiger partial charge in [0, 0.05) is 5.56 Å². The summed E-state index contributed by atoms with van der Waals surface area (Å²) in [5.41, 5.74) is 0.396. The van der Waals surface area contributed by atoms with Crippen LogP contribution >= 0.6 is 11.8 Å². The Morgan fingerprint density at radius 2 is 1.68 bits per heavy atom. The van der Waals surface area contributed by atoms with Gasteiger partial charge in [-0.1, -0.05) is 59.4 Å². The lowest BCUT2D eigenvalue weighted by Crippen LogP contribution is -2.21. The molecule has 0 amide bonds. The molecule has 0 atom stereocenters. The standard InChI is InChI=1S/C24H15F3N4O2S/c25-24(26,27)16-8-6-7-15(13-16)21-29-20(33-30-21)14-34-23-28-19-12-5-4-11-18(19)22(32)31(23)17-9-2-1-3-10-17/h1-13H,14H2. The minimum absolute atomic E-state index is 0.0496. The second kappa shape index (κ2) is 8.79. The van der Waals surface area contributed by atoms with Gasteiger partial charge in [0.1, 0.15) is 0 Å². The highest BCUT2D eigenvalue weighted by Crippen LogP contribution is 2.32. The molecule has 0 N–H and O–H groups in total. The number of halogens is 3. The molecular weight excluding hydrogens is 465 g/mol. The summed E-state index contributed by atoms with van der Waals surface area (Å²) < 4.78 is 45.8. The summed E-state index contributed by atoms with van der Waals surface area (Å²) in [7, 11) is 0. The number of alkyl halides is 3. The fourth-order valence-corrected chi connectivity index (χ4v) is 4.26. The smallest absolute Gasteiger partial charge is 0.338 e. The molecular formula is C24H15F3N4O2S. The maximum absolute atomic E-state index is 13.2. The predicted molar refractivity (Wildman–Crippen MR) is 122 cm³/mol. The van der Waals surface area contributed by atoms with E-state index in [1.165, 1.54) is 28.5 Å². The van der Waals surface area contributed by atoms with Crippen LogP contribution in [0, 0.1) is 0 Å². The normalized spacial score (nSPS) is 11.7. The third kappa shape index (κ3) is 4.32. The average Bonchev–Trinajstić information content (AvgIpc) is 3.32. The molecule has 0 unspecified atom stereocenters. The van der Waals surface area contributed by atoms with Gasteiger partial charge in [-0.2, -0.15) is 18.2 Å². The maximum atomic E-state index is 13.2. The van der Waals surface area contributed by atoms with E-state index < -0.39 is 11.7 Å². The number of aromatic nitrogens is 4. The first-order valence-corrected chi connectivity index (χ1v) is 11.1. The number of hydrogen-bond donors (Lipinski definition) is 0. The second-order valence-electron chi connectivity index (χ2n) is 7.27. The van der Waals surface area contributed by atoms with Crippen molar-refractivity contribution in [3.8, 4) is 17.1 Å². The first kappa shape index (κ1) is 21.9. The van der Waals surface area contributed by atoms with E-state index >= 15 is 0 Å². The zero-order chi connectivity index (χ0) is 23.7. The van der Waals surface area contributed by atoms with Gasteiger partial charge >= 0.3 is 6.18 Å². The number of benzene rings is 3. The minimum atomic E-state index is -4.47. The Kier molecular flexibility index (Phi) is 5.66. The first-order chi connectivity index (χ1) is 16.4. The molecule has 0 saturated carbocycles. The fraction of sp³-hybridized carbons (Fsp3) is 0.0833. The van der Waals surface area contributed by atoms with Gasteiger partial charge in [-0.15, -0.1) is 0 Å². The Morgan fingerprint density at radius 1 is 0.912 bits per heavy atom. The summed E-state index contributed by atoms with van der Waals surface area (Å²) in [6, 6.07) is 20.9. The average molecular weight is 480 g/mol. The summed E-state index contributed by atoms with van der Waals surface area (Å²) in [5, 5.41) is 4.73. The van der Waals surface area contributed by atoms with E-state index in [-0.39, 0.29) is 28.6 Å². The number of rotatable bonds is 5. The minimum Gasteiger partial charge on any atom is -0.338 e. The molecule has 6 nitrogen and oxygen atoms in total. The summed E-state index contributed by atoms with van der Waals surface area (Å²) in [5.74, 6) is 0.414. The van der Waals surface area contributed by atoms with E-state index in [9.17, 15) is 18.0 Å². The molecule has 5 aromatic rings. The monoisotopic (exact) mass is 480 g/mol. The van der Waals surface area contributed by atoms with Gasteiger partial charge in [-0.3, -0.25) is 9.36 Å². The van der Waals surface area contributed by atoms with Crippen LogP contribution in [-0.4, -0.2) is 19.7 Å². The van der Waals surface area contributed by atoms with Gasteiger partial charge in [0.25, 0.3) is 5.56 Å². The SMILES string of the molecule is O=c1c2ccccc2nc(SCc2nc(-c3cccc(C(F)(F)F)c3)no2)n1-c1ccccc1. The van der Waals surface area contributed by atoms with Crippen molar-refractivity contribution in [1.29, 1.82) is 0 Å². The van der Waals surface area contributed by atoms with Crippen molar-refractivity contribution in [2.24, 2.45) is 0 Å². The Labute approximate surface area is 195 Å². The van der Waals surface area contributed by atoms with Crippen molar-refractivity contribution in [2.45, 2.75) is 17.1 Å². The van der Waals surface area contributed by atoms with Crippen LogP contribution in [0.25, 0.3) is 28.0 Å². The molecule has 0 saturated heterocycles. The fourth-order valence-electron chi connectivity index (χ4n) is 3.41. The van der Waals surface area contributed by atoms with Crippen LogP contribution in [0.3, 0.4) is 0 Å². The highest BCUT2D eigenvalue weighted by molar-refractivity contribution is 7.98. The van der Waals surface area contributed by atoms with Gasteiger partial charge in [-0.05, 0) is 36.4 Å². The highest BCUT2D eigenvalue weighted by atomic mass is 32.2. The van der Waals surface area contributed by atoms with Gasteiger partial charge in [-0.25, -0.2) is 4.98 Å². The molecule has 0 spiro atoms. The van der Waals surface area contributed by atoms with Crippen molar-refractivity contribution in [3.63, 3.8) is 0 Å². The molecule has 10 heteroatoms. The van der Waals surface area contributed by atoms with Crippen molar-refractivity contribution in [2.75, 3.05) is 0 Å². The van der Waals surface area contributed by atoms with Crippen LogP contribution in [0.15, 0.2) is 93.3 Å². The van der Waals surface area contributed by atoms with Gasteiger partial charge in [0.2, 0.25) is 11.7 Å². The molecule has 34 heavy (non-hydrogen) atoms. The number of nitrogens with zero attached hydrogens (tertiary/aromatic N) is 4. The van der Waals surface area contributed by atoms with Crippen LogP contribution in [-0.2, 0) is 11.9 Å². The molecule has 0 radical (unpaired) electrons. The molecule has 170 valence electrons. The Bertz CT molecular complexity index is 1530. The summed E-state index contributed by atoms with van der Waals surface area (Å²) >= 11 is 1.22. The maximum Gasteiger partial charge on any atom is 0.416 e. The van der Waals surface area contributed by atoms with Crippen molar-refractivity contribution in [1.82, 2.24) is 19.7 Å². The van der Waals surface area contributed by atoms with Crippen LogP contribution < -0.4 is 5.56 Å². The largest absolute Gasteiger partial charge is 0.416 e. The zero-order valence-corrected chi connectivity index (χ0v) is 18.2. The molecule has 0 aliphatic carbocycles. The Morgan fingerprint density at radius 3 is 2.47 bits per heavy atom. The lowest BCUT2D eigenvalue weighted by Gasteiger charge is -2.12. The topological polar surface area (TPSA) is 73.8 Å². The third-order valence-corrected chi connectivity index (χ3v) is 5.92. The summed E-state index contributed by atoms with van der Waals surface area (Å²) in [6.45, 7) is 0. The predicted octanol–water partition coefficient (Wildman–Crippen LogP) is 5.75. The van der Waals surface area contributed by atoms with Crippen LogP contribution in [0.2, 0.25) is 0 Å². The summed E-state index contributed by atoms with van der Waals surface area (Å²) in [6.07, 6.45) is -4.47. The van der Waals surface area contributed by atoms with Gasteiger partial charge in [0.05, 0.1) is 27.9 Å². The van der Waals surface area contributed by atoms with Crippen molar-refractivity contribution in [3.05, 3.63) is 101 Å². The molecule has 0 aliphatic heterocycles. The lowest BCUT2D eigenvalue weighted by molar-refractivity contribution is -0.137. The van der Waals surface area contributed by atoms with Crippen molar-refractivity contribution < 1.29 is 17.7 Å². The Hall–Kier alpha value is -3.92. The molecule has 3 aromatic carbocycles. The van der Waals surface area contributed by atoms with E-state index in [1.807, 2.05) is 18.2 Å². The Balaban J connectivity index is 1.47. The zero-order valence-electron chi connectivity index (χ0n) is 17.4. The van der Waals surface area contributed by atoms with Gasteiger partial charge in [0.15, 0.2) is 5.16 Å². The number of thioether (sulfide) groups is 1. The number of fused-ring (bicyclic) bond motifs is 1. The number of para-hydroxylation sites is 2. The molecule has 0 fully saturated rings.